The molecule has 118 valence electrons. The van der Waals surface area contributed by atoms with E-state index >= 15 is 0 Å². The van der Waals surface area contributed by atoms with E-state index in [0.29, 0.717) is 12.8 Å². The van der Waals surface area contributed by atoms with Crippen LogP contribution in [0, 0.1) is 0 Å². The van der Waals surface area contributed by atoms with Crippen LogP contribution in [0.4, 0.5) is 0 Å². The minimum absolute atomic E-state index is 0.0570. The van der Waals surface area contributed by atoms with Gasteiger partial charge in [-0.2, -0.15) is 0 Å². The van der Waals surface area contributed by atoms with Crippen LogP contribution in [-0.2, 0) is 14.8 Å². The van der Waals surface area contributed by atoms with Crippen molar-refractivity contribution in [3.63, 3.8) is 0 Å². The first-order valence-corrected chi connectivity index (χ1v) is 7.95. The highest BCUT2D eigenvalue weighted by atomic mass is 32.2. The maximum Gasteiger partial charge on any atom is 0.341 e. The summed E-state index contributed by atoms with van der Waals surface area (Å²) in [5, 5.41) is 17.4. The van der Waals surface area contributed by atoms with Gasteiger partial charge >= 0.3 is 5.97 Å². The number of hydrogen-bond acceptors (Lipinski definition) is 5. The first-order chi connectivity index (χ1) is 9.89. The van der Waals surface area contributed by atoms with Crippen LogP contribution in [0.1, 0.15) is 19.8 Å². The van der Waals surface area contributed by atoms with E-state index in [-0.39, 0.29) is 23.3 Å². The molecule has 0 heterocycles. The van der Waals surface area contributed by atoms with Gasteiger partial charge in [-0.05, 0) is 37.1 Å². The molecular weight excluding hydrogens is 298 g/mol. The van der Waals surface area contributed by atoms with Gasteiger partial charge in [0.2, 0.25) is 10.0 Å². The third-order valence-corrected chi connectivity index (χ3v) is 4.32. The van der Waals surface area contributed by atoms with Gasteiger partial charge in [0.25, 0.3) is 0 Å². The lowest BCUT2D eigenvalue weighted by Gasteiger charge is -2.16. The molecule has 1 aromatic rings. The number of hydrogen-bond donors (Lipinski definition) is 3. The van der Waals surface area contributed by atoms with Gasteiger partial charge < -0.3 is 14.9 Å². The molecule has 0 spiro atoms. The average Bonchev–Trinajstić information content (AvgIpc) is 2.45. The topological polar surface area (TPSA) is 113 Å². The molecule has 0 aliphatic rings. The third-order valence-electron chi connectivity index (χ3n) is 2.79. The van der Waals surface area contributed by atoms with Gasteiger partial charge in [-0.25, -0.2) is 17.9 Å². The van der Waals surface area contributed by atoms with Crippen molar-refractivity contribution in [2.45, 2.75) is 30.7 Å². The quantitative estimate of drug-likeness (QED) is 0.614. The van der Waals surface area contributed by atoms with Gasteiger partial charge in [0.15, 0.2) is 6.61 Å². The first kappa shape index (κ1) is 17.4. The molecule has 1 aromatic carbocycles. The molecule has 7 nitrogen and oxygen atoms in total. The summed E-state index contributed by atoms with van der Waals surface area (Å²) in [4.78, 5) is 10.4. The van der Waals surface area contributed by atoms with E-state index in [1.807, 2.05) is 6.92 Å². The van der Waals surface area contributed by atoms with Crippen LogP contribution in [0.15, 0.2) is 29.2 Å². The Balaban J connectivity index is 2.77. The Labute approximate surface area is 123 Å². The number of carbonyl (C=O) groups is 1. The van der Waals surface area contributed by atoms with Crippen LogP contribution < -0.4 is 9.46 Å². The second-order valence-electron chi connectivity index (χ2n) is 4.39. The molecular formula is C13H19NO6S. The molecule has 0 radical (unpaired) electrons. The SMILES string of the molecule is CCC(CCO)NS(=O)(=O)c1ccc(OCC(=O)O)cc1. The zero-order valence-electron chi connectivity index (χ0n) is 11.7. The predicted octanol–water partition coefficient (Wildman–Crippen LogP) is 0.589. The van der Waals surface area contributed by atoms with Gasteiger partial charge in [0.05, 0.1) is 4.90 Å². The van der Waals surface area contributed by atoms with Gasteiger partial charge in [-0.15, -0.1) is 0 Å². The lowest BCUT2D eigenvalue weighted by atomic mass is 10.2. The minimum Gasteiger partial charge on any atom is -0.482 e. The summed E-state index contributed by atoms with van der Waals surface area (Å²) < 4.78 is 31.7. The van der Waals surface area contributed by atoms with E-state index < -0.39 is 22.6 Å². The van der Waals surface area contributed by atoms with Gasteiger partial charge in [-0.1, -0.05) is 6.92 Å². The maximum absolute atomic E-state index is 12.1. The zero-order chi connectivity index (χ0) is 15.9. The van der Waals surface area contributed by atoms with Crippen LogP contribution in [0.25, 0.3) is 0 Å². The summed E-state index contributed by atoms with van der Waals surface area (Å²) in [6.45, 7) is 1.24. The van der Waals surface area contributed by atoms with Crippen molar-refractivity contribution in [1.82, 2.24) is 4.72 Å². The third kappa shape index (κ3) is 5.70. The molecule has 0 aliphatic heterocycles. The fraction of sp³-hybridized carbons (Fsp3) is 0.462. The van der Waals surface area contributed by atoms with Crippen molar-refractivity contribution >= 4 is 16.0 Å². The van der Waals surface area contributed by atoms with Crippen LogP contribution in [0.2, 0.25) is 0 Å². The summed E-state index contributed by atoms with van der Waals surface area (Å²) in [5.74, 6) is -0.832. The number of aliphatic hydroxyl groups is 1. The standard InChI is InChI=1S/C13H19NO6S/c1-2-10(7-8-15)14-21(18,19)12-5-3-11(4-6-12)20-9-13(16)17/h3-6,10,14-15H,2,7-9H2,1H3,(H,16,17). The van der Waals surface area contributed by atoms with Crippen LogP contribution >= 0.6 is 0 Å². The summed E-state index contributed by atoms with van der Waals surface area (Å²) in [6.07, 6.45) is 0.912. The normalized spacial score (nSPS) is 12.9. The van der Waals surface area contributed by atoms with Crippen molar-refractivity contribution < 1.29 is 28.2 Å². The summed E-state index contributed by atoms with van der Waals surface area (Å²) in [7, 11) is -3.67. The van der Waals surface area contributed by atoms with Crippen LogP contribution in [0.3, 0.4) is 0 Å². The monoisotopic (exact) mass is 317 g/mol. The number of sulfonamides is 1. The van der Waals surface area contributed by atoms with E-state index in [1.54, 1.807) is 0 Å². The molecule has 0 saturated carbocycles. The second-order valence-corrected chi connectivity index (χ2v) is 6.11. The van der Waals surface area contributed by atoms with Crippen molar-refractivity contribution in [2.24, 2.45) is 0 Å². The Morgan fingerprint density at radius 2 is 1.95 bits per heavy atom. The van der Waals surface area contributed by atoms with E-state index in [2.05, 4.69) is 4.72 Å². The zero-order valence-corrected chi connectivity index (χ0v) is 12.5. The predicted molar refractivity (Wildman–Crippen MR) is 75.7 cm³/mol. The number of carboxylic acid groups (broad SMARTS) is 1. The molecule has 8 heteroatoms. The molecule has 0 aliphatic carbocycles. The molecule has 1 rings (SSSR count). The molecule has 21 heavy (non-hydrogen) atoms. The molecule has 0 saturated heterocycles. The van der Waals surface area contributed by atoms with E-state index in [4.69, 9.17) is 14.9 Å². The number of nitrogens with one attached hydrogen (secondary N) is 1. The van der Waals surface area contributed by atoms with Crippen molar-refractivity contribution in [2.75, 3.05) is 13.2 Å². The number of benzene rings is 1. The summed E-state index contributed by atoms with van der Waals surface area (Å²) >= 11 is 0. The Hall–Kier alpha value is -1.64. The fourth-order valence-corrected chi connectivity index (χ4v) is 3.00. The number of aliphatic hydroxyl groups excluding tert-OH is 1. The van der Waals surface area contributed by atoms with Crippen molar-refractivity contribution in [3.05, 3.63) is 24.3 Å². The summed E-state index contributed by atoms with van der Waals surface area (Å²) in [6, 6.07) is 5.13. The molecule has 3 N–H and O–H groups in total. The average molecular weight is 317 g/mol. The number of carboxylic acids is 1. The van der Waals surface area contributed by atoms with E-state index in [1.165, 1.54) is 24.3 Å². The lowest BCUT2D eigenvalue weighted by molar-refractivity contribution is -0.139. The first-order valence-electron chi connectivity index (χ1n) is 6.47. The van der Waals surface area contributed by atoms with Gasteiger partial charge in [0.1, 0.15) is 5.75 Å². The lowest BCUT2D eigenvalue weighted by Crippen LogP contribution is -2.35. The minimum atomic E-state index is -3.67. The molecule has 1 atom stereocenters. The van der Waals surface area contributed by atoms with Gasteiger partial charge in [-0.3, -0.25) is 0 Å². The smallest absolute Gasteiger partial charge is 0.341 e. The molecule has 0 aromatic heterocycles. The Kier molecular flexibility index (Phi) is 6.60. The molecule has 0 amide bonds. The highest BCUT2D eigenvalue weighted by Gasteiger charge is 2.18. The van der Waals surface area contributed by atoms with Crippen LogP contribution in [0.5, 0.6) is 5.75 Å². The Bertz CT molecular complexity index is 555. The van der Waals surface area contributed by atoms with E-state index in [9.17, 15) is 13.2 Å². The van der Waals surface area contributed by atoms with E-state index in [0.717, 1.165) is 0 Å². The van der Waals surface area contributed by atoms with Gasteiger partial charge in [0, 0.05) is 12.6 Å². The highest BCUT2D eigenvalue weighted by molar-refractivity contribution is 7.89. The Morgan fingerprint density at radius 3 is 2.43 bits per heavy atom. The number of ether oxygens (including phenoxy) is 1. The fourth-order valence-electron chi connectivity index (χ4n) is 1.65. The number of aliphatic carboxylic acids is 1. The largest absolute Gasteiger partial charge is 0.482 e. The highest BCUT2D eigenvalue weighted by Crippen LogP contribution is 2.16. The molecule has 0 fully saturated rings. The maximum atomic E-state index is 12.1. The molecule has 0 bridgehead atoms. The molecule has 1 unspecified atom stereocenters. The number of rotatable bonds is 9. The second kappa shape index (κ2) is 7.96. The van der Waals surface area contributed by atoms with Crippen molar-refractivity contribution in [1.29, 1.82) is 0 Å². The van der Waals surface area contributed by atoms with Crippen LogP contribution in [-0.4, -0.2) is 43.9 Å². The summed E-state index contributed by atoms with van der Waals surface area (Å²) in [5.41, 5.74) is 0. The van der Waals surface area contributed by atoms with Crippen molar-refractivity contribution in [3.8, 4) is 5.75 Å². The Morgan fingerprint density at radius 1 is 1.33 bits per heavy atom.